The molecule has 1 aromatic carbocycles. The van der Waals surface area contributed by atoms with E-state index in [4.69, 9.17) is 10.6 Å². The molecule has 0 aliphatic carbocycles. The van der Waals surface area contributed by atoms with Crippen LogP contribution in [0.25, 0.3) is 0 Å². The normalized spacial score (nSPS) is 10.3. The number of rotatable bonds is 5. The summed E-state index contributed by atoms with van der Waals surface area (Å²) in [7, 11) is 0. The lowest BCUT2D eigenvalue weighted by Crippen LogP contribution is -2.07. The van der Waals surface area contributed by atoms with Gasteiger partial charge in [0.1, 0.15) is 0 Å². The van der Waals surface area contributed by atoms with Gasteiger partial charge in [-0.05, 0) is 29.8 Å². The number of halogens is 1. The van der Waals surface area contributed by atoms with Crippen molar-refractivity contribution in [3.63, 3.8) is 0 Å². The minimum absolute atomic E-state index is 0.464. The minimum atomic E-state index is 0.464. The first-order chi connectivity index (χ1) is 8.78. The summed E-state index contributed by atoms with van der Waals surface area (Å²) < 4.78 is 6.66. The Morgan fingerprint density at radius 1 is 1.17 bits per heavy atom. The Morgan fingerprint density at radius 3 is 2.67 bits per heavy atom. The van der Waals surface area contributed by atoms with Crippen molar-refractivity contribution < 1.29 is 4.74 Å². The topological polar surface area (TPSA) is 60.2 Å². The zero-order chi connectivity index (χ0) is 12.8. The van der Waals surface area contributed by atoms with Gasteiger partial charge in [-0.2, -0.15) is 0 Å². The number of nitrogens with one attached hydrogen (secondary N) is 1. The van der Waals surface area contributed by atoms with Gasteiger partial charge in [0.2, 0.25) is 0 Å². The largest absolute Gasteiger partial charge is 0.370 e. The van der Waals surface area contributed by atoms with Crippen LogP contribution in [0.5, 0.6) is 0 Å². The molecule has 4 nitrogen and oxygen atoms in total. The molecule has 0 bridgehead atoms. The van der Waals surface area contributed by atoms with E-state index in [1.54, 1.807) is 12.3 Å². The molecular weight excluding hydrogens is 294 g/mol. The summed E-state index contributed by atoms with van der Waals surface area (Å²) in [5.74, 6) is 5.33. The number of hydrogen-bond acceptors (Lipinski definition) is 4. The van der Waals surface area contributed by atoms with Crippen LogP contribution in [0.3, 0.4) is 0 Å². The van der Waals surface area contributed by atoms with Gasteiger partial charge < -0.3 is 10.2 Å². The molecule has 0 saturated carbocycles. The Bertz CT molecular complexity index is 502. The summed E-state index contributed by atoms with van der Waals surface area (Å²) in [4.78, 5) is 4.20. The van der Waals surface area contributed by atoms with Gasteiger partial charge in [-0.3, -0.25) is 10.8 Å². The Kier molecular flexibility index (Phi) is 4.69. The quantitative estimate of drug-likeness (QED) is 0.659. The standard InChI is InChI=1S/C13H14BrN3O/c14-11-3-1-10(2-4-11)8-18-9-13-7-12(17-15)5-6-16-13/h1-7H,8-9,15H2,(H,16,17). The Hall–Kier alpha value is -1.43. The van der Waals surface area contributed by atoms with E-state index in [-0.39, 0.29) is 0 Å². The van der Waals surface area contributed by atoms with Crippen molar-refractivity contribution in [3.8, 4) is 0 Å². The van der Waals surface area contributed by atoms with Crippen molar-refractivity contribution in [1.82, 2.24) is 4.98 Å². The van der Waals surface area contributed by atoms with E-state index in [0.717, 1.165) is 21.4 Å². The summed E-state index contributed by atoms with van der Waals surface area (Å²) in [5.41, 5.74) is 5.39. The van der Waals surface area contributed by atoms with Crippen LogP contribution in [0.15, 0.2) is 47.1 Å². The lowest BCUT2D eigenvalue weighted by Gasteiger charge is -2.06. The number of nitrogens with two attached hydrogens (primary N) is 1. The maximum absolute atomic E-state index is 5.60. The number of nitrogen functional groups attached to an aromatic ring is 1. The maximum atomic E-state index is 5.60. The highest BCUT2D eigenvalue weighted by atomic mass is 79.9. The van der Waals surface area contributed by atoms with E-state index in [0.29, 0.717) is 13.2 Å². The average Bonchev–Trinajstić information content (AvgIpc) is 2.41. The van der Waals surface area contributed by atoms with Crippen LogP contribution in [0.1, 0.15) is 11.3 Å². The van der Waals surface area contributed by atoms with E-state index in [2.05, 4.69) is 26.3 Å². The minimum Gasteiger partial charge on any atom is -0.370 e. The highest BCUT2D eigenvalue weighted by Gasteiger charge is 1.98. The molecule has 3 N–H and O–H groups in total. The molecule has 1 aromatic heterocycles. The number of nitrogens with zero attached hydrogens (tertiary/aromatic N) is 1. The van der Waals surface area contributed by atoms with E-state index in [1.807, 2.05) is 30.3 Å². The first-order valence-corrected chi connectivity index (χ1v) is 6.31. The molecule has 0 atom stereocenters. The van der Waals surface area contributed by atoms with Gasteiger partial charge in [0.25, 0.3) is 0 Å². The van der Waals surface area contributed by atoms with E-state index < -0.39 is 0 Å². The predicted octanol–water partition coefficient (Wildman–Crippen LogP) is 2.85. The summed E-state index contributed by atoms with van der Waals surface area (Å²) >= 11 is 3.40. The third-order valence-electron chi connectivity index (χ3n) is 2.42. The molecule has 0 aliphatic heterocycles. The molecule has 0 aliphatic rings. The van der Waals surface area contributed by atoms with Crippen LogP contribution in [0.2, 0.25) is 0 Å². The van der Waals surface area contributed by atoms with Crippen molar-refractivity contribution in [2.75, 3.05) is 5.43 Å². The zero-order valence-corrected chi connectivity index (χ0v) is 11.4. The lowest BCUT2D eigenvalue weighted by molar-refractivity contribution is 0.104. The molecule has 0 saturated heterocycles. The number of pyridine rings is 1. The van der Waals surface area contributed by atoms with Gasteiger partial charge in [-0.25, -0.2) is 0 Å². The van der Waals surface area contributed by atoms with Crippen LogP contribution in [-0.4, -0.2) is 4.98 Å². The highest BCUT2D eigenvalue weighted by molar-refractivity contribution is 9.10. The fraction of sp³-hybridized carbons (Fsp3) is 0.154. The van der Waals surface area contributed by atoms with Gasteiger partial charge in [-0.1, -0.05) is 28.1 Å². The molecule has 2 aromatic rings. The number of benzene rings is 1. The van der Waals surface area contributed by atoms with Crippen molar-refractivity contribution in [2.24, 2.45) is 5.84 Å². The fourth-order valence-corrected chi connectivity index (χ4v) is 1.77. The first kappa shape index (κ1) is 13.0. The second-order valence-electron chi connectivity index (χ2n) is 3.80. The summed E-state index contributed by atoms with van der Waals surface area (Å²) in [6.45, 7) is 1.03. The van der Waals surface area contributed by atoms with E-state index in [1.165, 1.54) is 0 Å². The molecule has 1 heterocycles. The maximum Gasteiger partial charge on any atom is 0.0893 e. The SMILES string of the molecule is NNc1ccnc(COCc2ccc(Br)cc2)c1. The zero-order valence-electron chi connectivity index (χ0n) is 9.77. The second-order valence-corrected chi connectivity index (χ2v) is 4.72. The predicted molar refractivity (Wildman–Crippen MR) is 74.7 cm³/mol. The van der Waals surface area contributed by atoms with Crippen molar-refractivity contribution in [3.05, 3.63) is 58.3 Å². The van der Waals surface area contributed by atoms with Crippen LogP contribution in [0.4, 0.5) is 5.69 Å². The molecular formula is C13H14BrN3O. The molecule has 94 valence electrons. The highest BCUT2D eigenvalue weighted by Crippen LogP contribution is 2.12. The number of anilines is 1. The van der Waals surface area contributed by atoms with Gasteiger partial charge in [-0.15, -0.1) is 0 Å². The molecule has 5 heteroatoms. The number of hydrazine groups is 1. The average molecular weight is 308 g/mol. The van der Waals surface area contributed by atoms with E-state index >= 15 is 0 Å². The third kappa shape index (κ3) is 3.80. The van der Waals surface area contributed by atoms with Crippen LogP contribution in [0, 0.1) is 0 Å². The van der Waals surface area contributed by atoms with Crippen molar-refractivity contribution in [1.29, 1.82) is 0 Å². The third-order valence-corrected chi connectivity index (χ3v) is 2.94. The van der Waals surface area contributed by atoms with Crippen LogP contribution < -0.4 is 11.3 Å². The first-order valence-electron chi connectivity index (χ1n) is 5.51. The monoisotopic (exact) mass is 307 g/mol. The number of aromatic nitrogens is 1. The molecule has 0 amide bonds. The Balaban J connectivity index is 1.86. The Labute approximate surface area is 114 Å². The molecule has 0 radical (unpaired) electrons. The molecule has 18 heavy (non-hydrogen) atoms. The summed E-state index contributed by atoms with van der Waals surface area (Å²) in [6, 6.07) is 11.7. The van der Waals surface area contributed by atoms with Gasteiger partial charge in [0.15, 0.2) is 0 Å². The van der Waals surface area contributed by atoms with Crippen molar-refractivity contribution >= 4 is 21.6 Å². The van der Waals surface area contributed by atoms with Gasteiger partial charge in [0, 0.05) is 10.7 Å². The smallest absolute Gasteiger partial charge is 0.0893 e. The van der Waals surface area contributed by atoms with E-state index in [9.17, 15) is 0 Å². The molecule has 0 spiro atoms. The van der Waals surface area contributed by atoms with Gasteiger partial charge >= 0.3 is 0 Å². The summed E-state index contributed by atoms with van der Waals surface area (Å²) in [5, 5.41) is 0. The van der Waals surface area contributed by atoms with Crippen molar-refractivity contribution in [2.45, 2.75) is 13.2 Å². The lowest BCUT2D eigenvalue weighted by atomic mass is 10.2. The molecule has 2 rings (SSSR count). The van der Waals surface area contributed by atoms with Crippen LogP contribution in [-0.2, 0) is 18.0 Å². The second kappa shape index (κ2) is 6.49. The summed E-state index contributed by atoms with van der Waals surface area (Å²) in [6.07, 6.45) is 1.70. The van der Waals surface area contributed by atoms with Gasteiger partial charge in [0.05, 0.1) is 24.6 Å². The number of ether oxygens (including phenoxy) is 1. The molecule has 0 fully saturated rings. The molecule has 0 unspecified atom stereocenters. The number of hydrogen-bond donors (Lipinski definition) is 2. The Morgan fingerprint density at radius 2 is 1.94 bits per heavy atom. The van der Waals surface area contributed by atoms with Crippen LogP contribution >= 0.6 is 15.9 Å². The fourth-order valence-electron chi connectivity index (χ4n) is 1.50.